The lowest BCUT2D eigenvalue weighted by Gasteiger charge is -2.40. The van der Waals surface area contributed by atoms with Crippen molar-refractivity contribution < 1.29 is 5.11 Å². The van der Waals surface area contributed by atoms with Crippen LogP contribution in [0.2, 0.25) is 0 Å². The van der Waals surface area contributed by atoms with Crippen molar-refractivity contribution in [3.63, 3.8) is 0 Å². The first-order valence-electron chi connectivity index (χ1n) is 12.2. The summed E-state index contributed by atoms with van der Waals surface area (Å²) in [6.07, 6.45) is -0.389. The highest BCUT2D eigenvalue weighted by molar-refractivity contribution is 5.45. The number of rotatable bonds is 9. The van der Waals surface area contributed by atoms with E-state index in [9.17, 15) is 5.11 Å². The maximum absolute atomic E-state index is 10.6. The third-order valence-electron chi connectivity index (χ3n) is 6.59. The minimum atomic E-state index is -0.389. The number of hydrogen-bond acceptors (Lipinski definition) is 4. The molecule has 4 nitrogen and oxygen atoms in total. The Bertz CT molecular complexity index is 912. The Labute approximate surface area is 198 Å². The zero-order chi connectivity index (χ0) is 23.0. The summed E-state index contributed by atoms with van der Waals surface area (Å²) in [5.41, 5.74) is 5.08. The third-order valence-corrected chi connectivity index (χ3v) is 6.59. The lowest BCUT2D eigenvalue weighted by Crippen LogP contribution is -2.50. The van der Waals surface area contributed by atoms with Crippen LogP contribution in [0.5, 0.6) is 0 Å². The monoisotopic (exact) mass is 443 g/mol. The molecule has 0 spiro atoms. The summed E-state index contributed by atoms with van der Waals surface area (Å²) in [6, 6.07) is 30.4. The van der Waals surface area contributed by atoms with Gasteiger partial charge in [-0.2, -0.15) is 0 Å². The molecule has 1 atom stereocenters. The van der Waals surface area contributed by atoms with Gasteiger partial charge in [0.1, 0.15) is 0 Å². The van der Waals surface area contributed by atoms with E-state index in [1.807, 2.05) is 0 Å². The predicted octanol–water partition coefficient (Wildman–Crippen LogP) is 4.99. The summed E-state index contributed by atoms with van der Waals surface area (Å²) in [4.78, 5) is 4.96. The van der Waals surface area contributed by atoms with Gasteiger partial charge in [-0.15, -0.1) is 0 Å². The van der Waals surface area contributed by atoms with Gasteiger partial charge >= 0.3 is 0 Å². The molecule has 3 aromatic rings. The first kappa shape index (κ1) is 23.5. The average molecular weight is 444 g/mol. The van der Waals surface area contributed by atoms with Crippen LogP contribution in [0.4, 0.5) is 5.69 Å². The zero-order valence-corrected chi connectivity index (χ0v) is 19.9. The zero-order valence-electron chi connectivity index (χ0n) is 19.9. The fourth-order valence-corrected chi connectivity index (χ4v) is 4.67. The quantitative estimate of drug-likeness (QED) is 0.489. The maximum atomic E-state index is 10.6. The van der Waals surface area contributed by atoms with Crippen LogP contribution in [0.15, 0.2) is 84.9 Å². The number of nitrogens with zero attached hydrogens (tertiary/aromatic N) is 2. The number of hydrogen-bond donors (Lipinski definition) is 2. The molecular formula is C29H37N3O. The van der Waals surface area contributed by atoms with Gasteiger partial charge < -0.3 is 10.4 Å². The fourth-order valence-electron chi connectivity index (χ4n) is 4.67. The van der Waals surface area contributed by atoms with Crippen LogP contribution in [-0.2, 0) is 0 Å². The van der Waals surface area contributed by atoms with Crippen molar-refractivity contribution in [3.05, 3.63) is 102 Å². The van der Waals surface area contributed by atoms with Crippen LogP contribution in [-0.4, -0.2) is 60.3 Å². The van der Waals surface area contributed by atoms with Gasteiger partial charge in [-0.1, -0.05) is 86.6 Å². The van der Waals surface area contributed by atoms with E-state index in [2.05, 4.69) is 114 Å². The topological polar surface area (TPSA) is 38.7 Å². The first-order valence-corrected chi connectivity index (χ1v) is 12.2. The number of aliphatic hydroxyl groups is 1. The number of benzene rings is 3. The molecule has 0 aliphatic carbocycles. The van der Waals surface area contributed by atoms with Crippen molar-refractivity contribution >= 4 is 5.69 Å². The molecule has 2 N–H and O–H groups in total. The van der Waals surface area contributed by atoms with Crippen LogP contribution in [0.1, 0.15) is 42.5 Å². The number of anilines is 1. The Kier molecular flexibility index (Phi) is 8.16. The Hall–Kier alpha value is -2.66. The van der Waals surface area contributed by atoms with Crippen molar-refractivity contribution in [2.45, 2.75) is 31.9 Å². The molecule has 33 heavy (non-hydrogen) atoms. The molecule has 0 saturated carbocycles. The van der Waals surface area contributed by atoms with Crippen molar-refractivity contribution in [2.24, 2.45) is 0 Å². The van der Waals surface area contributed by atoms with Crippen LogP contribution in [0, 0.1) is 0 Å². The van der Waals surface area contributed by atoms with Crippen molar-refractivity contribution in [3.8, 4) is 0 Å². The standard InChI is InChI=1S/C29H37N3O/c1-23(2)24-13-15-27(16-14-24)30-21-28(33)22-31-17-19-32(20-18-31)29(25-9-5-3-6-10-25)26-11-7-4-8-12-26/h3-16,23,28-30,33H,17-22H2,1-2H3. The Morgan fingerprint density at radius 2 is 1.27 bits per heavy atom. The van der Waals surface area contributed by atoms with Crippen LogP contribution in [0.3, 0.4) is 0 Å². The average Bonchev–Trinajstić information content (AvgIpc) is 2.85. The van der Waals surface area contributed by atoms with Gasteiger partial charge in [0.15, 0.2) is 0 Å². The minimum absolute atomic E-state index is 0.273. The molecule has 3 aromatic carbocycles. The van der Waals surface area contributed by atoms with Gasteiger partial charge in [-0.3, -0.25) is 9.80 Å². The van der Waals surface area contributed by atoms with Gasteiger partial charge in [0, 0.05) is 45.0 Å². The summed E-state index contributed by atoms with van der Waals surface area (Å²) in [5.74, 6) is 0.534. The van der Waals surface area contributed by atoms with E-state index in [1.54, 1.807) is 0 Å². The third kappa shape index (κ3) is 6.44. The Balaban J connectivity index is 1.29. The molecule has 4 heteroatoms. The second kappa shape index (κ2) is 11.5. The lowest BCUT2D eigenvalue weighted by atomic mass is 9.96. The van der Waals surface area contributed by atoms with Crippen molar-refractivity contribution in [2.75, 3.05) is 44.6 Å². The van der Waals surface area contributed by atoms with Crippen LogP contribution >= 0.6 is 0 Å². The van der Waals surface area contributed by atoms with Crippen LogP contribution < -0.4 is 5.32 Å². The van der Waals surface area contributed by atoms with Gasteiger partial charge in [-0.25, -0.2) is 0 Å². The SMILES string of the molecule is CC(C)c1ccc(NCC(O)CN2CCN(C(c3ccccc3)c3ccccc3)CC2)cc1. The Morgan fingerprint density at radius 1 is 0.727 bits per heavy atom. The van der Waals surface area contributed by atoms with E-state index in [-0.39, 0.29) is 12.1 Å². The summed E-state index contributed by atoms with van der Waals surface area (Å²) in [6.45, 7) is 9.59. The highest BCUT2D eigenvalue weighted by Gasteiger charge is 2.27. The largest absolute Gasteiger partial charge is 0.390 e. The smallest absolute Gasteiger partial charge is 0.0839 e. The van der Waals surface area contributed by atoms with Crippen molar-refractivity contribution in [1.29, 1.82) is 0 Å². The number of nitrogens with one attached hydrogen (secondary N) is 1. The van der Waals surface area contributed by atoms with E-state index >= 15 is 0 Å². The summed E-state index contributed by atoms with van der Waals surface area (Å²) in [5, 5.41) is 14.0. The number of piperazine rings is 1. The second-order valence-corrected chi connectivity index (χ2v) is 9.37. The van der Waals surface area contributed by atoms with E-state index in [4.69, 9.17) is 0 Å². The first-order chi connectivity index (χ1) is 16.1. The lowest BCUT2D eigenvalue weighted by molar-refractivity contribution is 0.0672. The molecule has 4 rings (SSSR count). The number of aliphatic hydroxyl groups excluding tert-OH is 1. The summed E-state index contributed by atoms with van der Waals surface area (Å²) >= 11 is 0. The Morgan fingerprint density at radius 3 is 1.79 bits per heavy atom. The predicted molar refractivity (Wildman–Crippen MR) is 138 cm³/mol. The van der Waals surface area contributed by atoms with Gasteiger partial charge in [0.2, 0.25) is 0 Å². The minimum Gasteiger partial charge on any atom is -0.390 e. The van der Waals surface area contributed by atoms with Crippen LogP contribution in [0.25, 0.3) is 0 Å². The molecule has 1 saturated heterocycles. The van der Waals surface area contributed by atoms with E-state index < -0.39 is 0 Å². The van der Waals surface area contributed by atoms with Gasteiger partial charge in [0.05, 0.1) is 12.1 Å². The molecule has 174 valence electrons. The molecule has 1 fully saturated rings. The molecule has 0 aromatic heterocycles. The summed E-state index contributed by atoms with van der Waals surface area (Å²) in [7, 11) is 0. The fraction of sp³-hybridized carbons (Fsp3) is 0.379. The van der Waals surface area contributed by atoms with E-state index in [0.717, 1.165) is 31.9 Å². The van der Waals surface area contributed by atoms with Crippen molar-refractivity contribution in [1.82, 2.24) is 9.80 Å². The molecule has 0 bridgehead atoms. The highest BCUT2D eigenvalue weighted by atomic mass is 16.3. The second-order valence-electron chi connectivity index (χ2n) is 9.37. The molecule has 1 heterocycles. The van der Waals surface area contributed by atoms with E-state index in [1.165, 1.54) is 16.7 Å². The van der Waals surface area contributed by atoms with E-state index in [0.29, 0.717) is 19.0 Å². The molecular weight excluding hydrogens is 406 g/mol. The van der Waals surface area contributed by atoms with Gasteiger partial charge in [-0.05, 0) is 34.7 Å². The molecule has 1 aliphatic heterocycles. The maximum Gasteiger partial charge on any atom is 0.0839 e. The molecule has 0 radical (unpaired) electrons. The van der Waals surface area contributed by atoms with Gasteiger partial charge in [0.25, 0.3) is 0 Å². The number of β-amino-alcohol motifs (C(OH)–C–C–N with tert-alkyl or cyclic N) is 1. The normalized spacial score (nSPS) is 16.3. The molecule has 1 unspecified atom stereocenters. The molecule has 0 amide bonds. The summed E-state index contributed by atoms with van der Waals surface area (Å²) < 4.78 is 0. The molecule has 1 aliphatic rings. The highest BCUT2D eigenvalue weighted by Crippen LogP contribution is 2.29.